The maximum absolute atomic E-state index is 12.3. The molecule has 2 atom stereocenters. The van der Waals surface area contributed by atoms with Gasteiger partial charge in [0.05, 0.1) is 13.5 Å². The van der Waals surface area contributed by atoms with Gasteiger partial charge in [0.25, 0.3) is 0 Å². The van der Waals surface area contributed by atoms with Crippen LogP contribution in [0.1, 0.15) is 49.3 Å². The van der Waals surface area contributed by atoms with Gasteiger partial charge in [-0.1, -0.05) is 25.8 Å². The van der Waals surface area contributed by atoms with E-state index in [0.717, 1.165) is 41.2 Å². The molecule has 0 bridgehead atoms. The van der Waals surface area contributed by atoms with Crippen LogP contribution in [-0.2, 0) is 11.2 Å². The fourth-order valence-corrected chi connectivity index (χ4v) is 3.37. The van der Waals surface area contributed by atoms with E-state index >= 15 is 0 Å². The highest BCUT2D eigenvalue weighted by molar-refractivity contribution is 5.80. The summed E-state index contributed by atoms with van der Waals surface area (Å²) < 4.78 is 5.43. The highest BCUT2D eigenvalue weighted by Crippen LogP contribution is 2.26. The van der Waals surface area contributed by atoms with Crippen LogP contribution in [0.2, 0.25) is 0 Å². The predicted molar refractivity (Wildman–Crippen MR) is 96.4 cm³/mol. The molecule has 1 fully saturated rings. The maximum atomic E-state index is 12.3. The van der Waals surface area contributed by atoms with Crippen LogP contribution in [0.5, 0.6) is 5.75 Å². The third kappa shape index (κ3) is 7.45. The second-order valence-corrected chi connectivity index (χ2v) is 6.76. The van der Waals surface area contributed by atoms with Crippen molar-refractivity contribution in [3.8, 4) is 5.75 Å². The van der Waals surface area contributed by atoms with Crippen molar-refractivity contribution in [3.05, 3.63) is 28.8 Å². The van der Waals surface area contributed by atoms with E-state index in [4.69, 9.17) is 19.7 Å². The molecule has 1 saturated carbocycles. The molecular formula is C19H29NO5. The first-order valence-corrected chi connectivity index (χ1v) is 8.58. The zero-order valence-corrected chi connectivity index (χ0v) is 15.5. The number of aryl methyl sites for hydroxylation is 2. The summed E-state index contributed by atoms with van der Waals surface area (Å²) in [6, 6.07) is 4.45. The Hall–Kier alpha value is -2.24. The monoisotopic (exact) mass is 351 g/mol. The Bertz CT molecular complexity index is 596. The smallest absolute Gasteiger partial charge is 0.496 e. The number of amides is 1. The second kappa shape index (κ2) is 9.91. The van der Waals surface area contributed by atoms with Gasteiger partial charge in [0.1, 0.15) is 5.75 Å². The van der Waals surface area contributed by atoms with E-state index in [2.05, 4.69) is 18.3 Å². The second-order valence-electron chi connectivity index (χ2n) is 6.76. The van der Waals surface area contributed by atoms with Gasteiger partial charge in [-0.25, -0.2) is 4.79 Å². The van der Waals surface area contributed by atoms with Gasteiger partial charge < -0.3 is 20.3 Å². The van der Waals surface area contributed by atoms with Gasteiger partial charge in [-0.3, -0.25) is 4.79 Å². The molecule has 1 aliphatic rings. The van der Waals surface area contributed by atoms with Crippen molar-refractivity contribution in [2.24, 2.45) is 5.92 Å². The molecule has 3 N–H and O–H groups in total. The van der Waals surface area contributed by atoms with Crippen LogP contribution < -0.4 is 10.1 Å². The third-order valence-corrected chi connectivity index (χ3v) is 4.44. The van der Waals surface area contributed by atoms with Crippen LogP contribution in [0, 0.1) is 19.8 Å². The fourth-order valence-electron chi connectivity index (χ4n) is 3.37. The Balaban J connectivity index is 0.000000705. The first kappa shape index (κ1) is 20.8. The topological polar surface area (TPSA) is 95.9 Å². The maximum Gasteiger partial charge on any atom is 0.503 e. The van der Waals surface area contributed by atoms with Crippen LogP contribution in [0.3, 0.4) is 0 Å². The molecule has 25 heavy (non-hydrogen) atoms. The molecule has 2 rings (SSSR count). The molecule has 0 heterocycles. The number of benzene rings is 1. The summed E-state index contributed by atoms with van der Waals surface area (Å²) >= 11 is 0. The van der Waals surface area contributed by atoms with E-state index < -0.39 is 6.16 Å². The molecular weight excluding hydrogens is 322 g/mol. The van der Waals surface area contributed by atoms with Gasteiger partial charge in [0, 0.05) is 11.6 Å². The van der Waals surface area contributed by atoms with Gasteiger partial charge in [0.2, 0.25) is 5.91 Å². The van der Waals surface area contributed by atoms with Gasteiger partial charge in [-0.2, -0.15) is 0 Å². The van der Waals surface area contributed by atoms with Gasteiger partial charge in [-0.15, -0.1) is 0 Å². The lowest BCUT2D eigenvalue weighted by molar-refractivity contribution is -0.121. The molecule has 6 heteroatoms. The minimum Gasteiger partial charge on any atom is -0.496 e. The van der Waals surface area contributed by atoms with Crippen molar-refractivity contribution in [3.63, 3.8) is 0 Å². The predicted octanol–water partition coefficient (Wildman–Crippen LogP) is 3.77. The van der Waals surface area contributed by atoms with Crippen molar-refractivity contribution < 1.29 is 24.5 Å². The Morgan fingerprint density at radius 2 is 1.88 bits per heavy atom. The first-order valence-electron chi connectivity index (χ1n) is 8.58. The van der Waals surface area contributed by atoms with Gasteiger partial charge >= 0.3 is 6.16 Å². The van der Waals surface area contributed by atoms with Gasteiger partial charge in [0.15, 0.2) is 0 Å². The summed E-state index contributed by atoms with van der Waals surface area (Å²) in [5, 5.41) is 17.1. The van der Waals surface area contributed by atoms with Crippen molar-refractivity contribution in [2.75, 3.05) is 7.11 Å². The van der Waals surface area contributed by atoms with Crippen LogP contribution in [0.4, 0.5) is 4.79 Å². The zero-order chi connectivity index (χ0) is 19.0. The summed E-state index contributed by atoms with van der Waals surface area (Å²) in [4.78, 5) is 20.9. The van der Waals surface area contributed by atoms with E-state index in [1.165, 1.54) is 12.8 Å². The lowest BCUT2D eigenvalue weighted by Gasteiger charge is -2.27. The molecule has 6 nitrogen and oxygen atoms in total. The van der Waals surface area contributed by atoms with Crippen molar-refractivity contribution >= 4 is 12.1 Å². The quantitative estimate of drug-likeness (QED) is 0.767. The number of carbonyl (C=O) groups is 2. The molecule has 1 aliphatic carbocycles. The first-order chi connectivity index (χ1) is 11.7. The van der Waals surface area contributed by atoms with Crippen LogP contribution in [0.25, 0.3) is 0 Å². The SMILES string of the molecule is COc1cc(C)cc(C)c1CC(=O)NC1CCCC(C)C1.O=C(O)O. The Morgan fingerprint density at radius 3 is 2.44 bits per heavy atom. The normalized spacial score (nSPS) is 19.4. The van der Waals surface area contributed by atoms with Crippen molar-refractivity contribution in [1.82, 2.24) is 5.32 Å². The number of carboxylic acid groups (broad SMARTS) is 2. The van der Waals surface area contributed by atoms with Crippen molar-refractivity contribution in [2.45, 2.75) is 58.9 Å². The Morgan fingerprint density at radius 1 is 1.24 bits per heavy atom. The standard InChI is InChI=1S/C18H27NO2.CH2O3/c1-12-6-5-7-15(9-12)19-18(20)11-16-14(3)8-13(2)10-17(16)21-4;2-1(3)4/h8,10,12,15H,5-7,9,11H2,1-4H3,(H,19,20);(H2,2,3,4). The molecule has 0 aliphatic heterocycles. The van der Waals surface area contributed by atoms with E-state index in [1.54, 1.807) is 7.11 Å². The number of methoxy groups -OCH3 is 1. The largest absolute Gasteiger partial charge is 0.503 e. The molecule has 1 amide bonds. The third-order valence-electron chi connectivity index (χ3n) is 4.44. The fraction of sp³-hybridized carbons (Fsp3) is 0.579. The van der Waals surface area contributed by atoms with Gasteiger partial charge in [-0.05, 0) is 49.8 Å². The zero-order valence-electron chi connectivity index (χ0n) is 15.5. The number of nitrogens with one attached hydrogen (secondary N) is 1. The highest BCUT2D eigenvalue weighted by Gasteiger charge is 2.21. The van der Waals surface area contributed by atoms with E-state index in [0.29, 0.717) is 12.5 Å². The molecule has 0 saturated heterocycles. The van der Waals surface area contributed by atoms with Crippen LogP contribution >= 0.6 is 0 Å². The summed E-state index contributed by atoms with van der Waals surface area (Å²) in [6.07, 6.45) is 3.30. The molecule has 1 aromatic carbocycles. The average Bonchev–Trinajstić information content (AvgIpc) is 2.49. The van der Waals surface area contributed by atoms with E-state index in [9.17, 15) is 4.79 Å². The molecule has 1 aromatic rings. The van der Waals surface area contributed by atoms with Crippen LogP contribution in [0.15, 0.2) is 12.1 Å². The van der Waals surface area contributed by atoms with Crippen LogP contribution in [-0.4, -0.2) is 35.4 Å². The van der Waals surface area contributed by atoms with E-state index in [-0.39, 0.29) is 5.91 Å². The number of rotatable bonds is 4. The number of ether oxygens (including phenoxy) is 1. The number of hydrogen-bond acceptors (Lipinski definition) is 3. The Labute approximate surface area is 149 Å². The molecule has 0 radical (unpaired) electrons. The highest BCUT2D eigenvalue weighted by atomic mass is 16.6. The molecule has 0 aromatic heterocycles. The average molecular weight is 351 g/mol. The minimum atomic E-state index is -1.83. The lowest BCUT2D eigenvalue weighted by Crippen LogP contribution is -2.38. The summed E-state index contributed by atoms with van der Waals surface area (Å²) in [7, 11) is 1.67. The minimum absolute atomic E-state index is 0.111. The summed E-state index contributed by atoms with van der Waals surface area (Å²) in [6.45, 7) is 6.36. The molecule has 0 spiro atoms. The molecule has 2 unspecified atom stereocenters. The number of carbonyl (C=O) groups excluding carboxylic acids is 1. The van der Waals surface area contributed by atoms with Crippen molar-refractivity contribution in [1.29, 1.82) is 0 Å². The number of hydrogen-bond donors (Lipinski definition) is 3. The summed E-state index contributed by atoms with van der Waals surface area (Å²) in [5.74, 6) is 1.65. The summed E-state index contributed by atoms with van der Waals surface area (Å²) in [5.41, 5.74) is 3.29. The molecule has 140 valence electrons. The lowest BCUT2D eigenvalue weighted by atomic mass is 9.87. The van der Waals surface area contributed by atoms with E-state index in [1.807, 2.05) is 19.9 Å². The Kier molecular flexibility index (Phi) is 8.25.